The first-order chi connectivity index (χ1) is 6.23. The van der Waals surface area contributed by atoms with Gasteiger partial charge in [0, 0.05) is 12.6 Å². The second-order valence-corrected chi connectivity index (χ2v) is 4.18. The van der Waals surface area contributed by atoms with Crippen LogP contribution in [0.1, 0.15) is 46.5 Å². The van der Waals surface area contributed by atoms with E-state index in [-0.39, 0.29) is 5.60 Å². The van der Waals surface area contributed by atoms with Crippen molar-refractivity contribution in [2.45, 2.75) is 58.1 Å². The third-order valence-corrected chi connectivity index (χ3v) is 3.04. The maximum absolute atomic E-state index is 5.83. The minimum Gasteiger partial charge on any atom is -0.374 e. The Morgan fingerprint density at radius 3 is 2.69 bits per heavy atom. The minimum atomic E-state index is 0.101. The largest absolute Gasteiger partial charge is 0.374 e. The van der Waals surface area contributed by atoms with Gasteiger partial charge in [-0.3, -0.25) is 0 Å². The Morgan fingerprint density at radius 2 is 2.23 bits per heavy atom. The number of rotatable bonds is 5. The van der Waals surface area contributed by atoms with E-state index in [9.17, 15) is 0 Å². The highest BCUT2D eigenvalue weighted by atomic mass is 16.5. The minimum absolute atomic E-state index is 0.101. The predicted octanol–water partition coefficient (Wildman–Crippen LogP) is 2.33. The van der Waals surface area contributed by atoms with Crippen LogP contribution in [0.15, 0.2) is 0 Å². The van der Waals surface area contributed by atoms with Crippen molar-refractivity contribution < 1.29 is 4.74 Å². The van der Waals surface area contributed by atoms with Crippen LogP contribution in [0.2, 0.25) is 0 Å². The molecule has 0 aromatic carbocycles. The standard InChI is InChI=1S/C11H23NO/c1-4-8-12-10(5-2)11(3)7-6-9-13-11/h10,12H,4-9H2,1-3H3. The summed E-state index contributed by atoms with van der Waals surface area (Å²) in [5.74, 6) is 0. The van der Waals surface area contributed by atoms with E-state index in [4.69, 9.17) is 4.74 Å². The summed E-state index contributed by atoms with van der Waals surface area (Å²) in [5, 5.41) is 3.58. The van der Waals surface area contributed by atoms with Crippen molar-refractivity contribution in [1.29, 1.82) is 0 Å². The summed E-state index contributed by atoms with van der Waals surface area (Å²) in [4.78, 5) is 0. The molecule has 1 N–H and O–H groups in total. The van der Waals surface area contributed by atoms with Gasteiger partial charge in [-0.25, -0.2) is 0 Å². The molecule has 1 heterocycles. The molecule has 2 unspecified atom stereocenters. The fraction of sp³-hybridized carbons (Fsp3) is 1.00. The SMILES string of the molecule is CCCNC(CC)C1(C)CCCO1. The molecule has 2 nitrogen and oxygen atoms in total. The first kappa shape index (κ1) is 11.0. The molecule has 0 aliphatic carbocycles. The number of ether oxygens (including phenoxy) is 1. The van der Waals surface area contributed by atoms with E-state index in [0.29, 0.717) is 6.04 Å². The molecule has 13 heavy (non-hydrogen) atoms. The molecule has 0 bridgehead atoms. The van der Waals surface area contributed by atoms with Gasteiger partial charge in [-0.15, -0.1) is 0 Å². The van der Waals surface area contributed by atoms with E-state index >= 15 is 0 Å². The van der Waals surface area contributed by atoms with Crippen LogP contribution in [0.5, 0.6) is 0 Å². The third kappa shape index (κ3) is 2.68. The highest BCUT2D eigenvalue weighted by molar-refractivity contribution is 4.91. The van der Waals surface area contributed by atoms with Crippen molar-refractivity contribution in [1.82, 2.24) is 5.32 Å². The van der Waals surface area contributed by atoms with Gasteiger partial charge in [0.15, 0.2) is 0 Å². The van der Waals surface area contributed by atoms with Gasteiger partial charge in [0.2, 0.25) is 0 Å². The van der Waals surface area contributed by atoms with Gasteiger partial charge in [0.05, 0.1) is 5.60 Å². The molecule has 0 radical (unpaired) electrons. The monoisotopic (exact) mass is 185 g/mol. The zero-order valence-electron chi connectivity index (χ0n) is 9.23. The highest BCUT2D eigenvalue weighted by Crippen LogP contribution is 2.29. The summed E-state index contributed by atoms with van der Waals surface area (Å²) in [5.41, 5.74) is 0.101. The molecule has 1 aliphatic heterocycles. The van der Waals surface area contributed by atoms with E-state index in [1.54, 1.807) is 0 Å². The Labute approximate surface area is 82.0 Å². The first-order valence-corrected chi connectivity index (χ1v) is 5.60. The Balaban J connectivity index is 2.43. The van der Waals surface area contributed by atoms with E-state index in [2.05, 4.69) is 26.1 Å². The fourth-order valence-corrected chi connectivity index (χ4v) is 2.19. The molecule has 0 amide bonds. The topological polar surface area (TPSA) is 21.3 Å². The summed E-state index contributed by atoms with van der Waals surface area (Å²) in [6, 6.07) is 0.537. The van der Waals surface area contributed by atoms with Crippen molar-refractivity contribution in [3.8, 4) is 0 Å². The van der Waals surface area contributed by atoms with Gasteiger partial charge in [-0.05, 0) is 39.2 Å². The van der Waals surface area contributed by atoms with Crippen molar-refractivity contribution in [2.75, 3.05) is 13.2 Å². The lowest BCUT2D eigenvalue weighted by molar-refractivity contribution is -0.0124. The first-order valence-electron chi connectivity index (χ1n) is 5.60. The average molecular weight is 185 g/mol. The quantitative estimate of drug-likeness (QED) is 0.710. The van der Waals surface area contributed by atoms with Gasteiger partial charge < -0.3 is 10.1 Å². The van der Waals surface area contributed by atoms with E-state index in [1.165, 1.54) is 19.3 Å². The Morgan fingerprint density at radius 1 is 1.46 bits per heavy atom. The summed E-state index contributed by atoms with van der Waals surface area (Å²) in [6.45, 7) is 8.74. The van der Waals surface area contributed by atoms with Crippen LogP contribution in [0.4, 0.5) is 0 Å². The van der Waals surface area contributed by atoms with Gasteiger partial charge >= 0.3 is 0 Å². The molecule has 1 saturated heterocycles. The second-order valence-electron chi connectivity index (χ2n) is 4.18. The lowest BCUT2D eigenvalue weighted by Gasteiger charge is -2.33. The molecule has 0 aromatic heterocycles. The summed E-state index contributed by atoms with van der Waals surface area (Å²) in [6.07, 6.45) is 4.80. The number of hydrogen-bond acceptors (Lipinski definition) is 2. The molecule has 1 rings (SSSR count). The summed E-state index contributed by atoms with van der Waals surface area (Å²) >= 11 is 0. The smallest absolute Gasteiger partial charge is 0.0807 e. The van der Waals surface area contributed by atoms with Crippen molar-refractivity contribution in [3.63, 3.8) is 0 Å². The molecule has 0 saturated carbocycles. The molecular formula is C11H23NO. The molecule has 78 valence electrons. The van der Waals surface area contributed by atoms with Crippen molar-refractivity contribution >= 4 is 0 Å². The van der Waals surface area contributed by atoms with E-state index in [1.807, 2.05) is 0 Å². The predicted molar refractivity (Wildman–Crippen MR) is 56.0 cm³/mol. The van der Waals surface area contributed by atoms with Crippen LogP contribution in [-0.2, 0) is 4.74 Å². The zero-order valence-corrected chi connectivity index (χ0v) is 9.23. The van der Waals surface area contributed by atoms with Crippen molar-refractivity contribution in [3.05, 3.63) is 0 Å². The Hall–Kier alpha value is -0.0800. The van der Waals surface area contributed by atoms with Crippen LogP contribution >= 0.6 is 0 Å². The van der Waals surface area contributed by atoms with Crippen LogP contribution in [0.25, 0.3) is 0 Å². The summed E-state index contributed by atoms with van der Waals surface area (Å²) < 4.78 is 5.83. The van der Waals surface area contributed by atoms with Crippen LogP contribution in [0.3, 0.4) is 0 Å². The zero-order chi connectivity index (χ0) is 9.73. The maximum Gasteiger partial charge on any atom is 0.0807 e. The Kier molecular flexibility index (Phi) is 4.20. The van der Waals surface area contributed by atoms with Crippen LogP contribution < -0.4 is 5.32 Å². The third-order valence-electron chi connectivity index (χ3n) is 3.04. The lowest BCUT2D eigenvalue weighted by Crippen LogP contribution is -2.48. The van der Waals surface area contributed by atoms with E-state index < -0.39 is 0 Å². The normalized spacial score (nSPS) is 30.7. The summed E-state index contributed by atoms with van der Waals surface area (Å²) in [7, 11) is 0. The molecule has 2 heteroatoms. The van der Waals surface area contributed by atoms with Gasteiger partial charge in [0.25, 0.3) is 0 Å². The lowest BCUT2D eigenvalue weighted by atomic mass is 9.91. The molecule has 1 aliphatic rings. The van der Waals surface area contributed by atoms with E-state index in [0.717, 1.165) is 19.6 Å². The maximum atomic E-state index is 5.83. The number of nitrogens with one attached hydrogen (secondary N) is 1. The van der Waals surface area contributed by atoms with Crippen LogP contribution in [0, 0.1) is 0 Å². The fourth-order valence-electron chi connectivity index (χ4n) is 2.19. The molecule has 2 atom stereocenters. The van der Waals surface area contributed by atoms with Crippen LogP contribution in [-0.4, -0.2) is 24.8 Å². The van der Waals surface area contributed by atoms with Gasteiger partial charge in [0.1, 0.15) is 0 Å². The molecule has 1 fully saturated rings. The molecule has 0 spiro atoms. The average Bonchev–Trinajstić information content (AvgIpc) is 2.54. The van der Waals surface area contributed by atoms with Gasteiger partial charge in [-0.1, -0.05) is 13.8 Å². The Bertz CT molecular complexity index is 141. The second kappa shape index (κ2) is 4.97. The number of hydrogen-bond donors (Lipinski definition) is 1. The molecule has 0 aromatic rings. The van der Waals surface area contributed by atoms with Crippen molar-refractivity contribution in [2.24, 2.45) is 0 Å². The van der Waals surface area contributed by atoms with Gasteiger partial charge in [-0.2, -0.15) is 0 Å². The highest BCUT2D eigenvalue weighted by Gasteiger charge is 2.36. The molecular weight excluding hydrogens is 162 g/mol.